The van der Waals surface area contributed by atoms with Gasteiger partial charge >= 0.3 is 0 Å². The Labute approximate surface area is 138 Å². The SMILES string of the molecule is N#Cc1ccsc1NC(=O)c1cc2cc([N+](=O)[O-])ccc2oc1=N. The van der Waals surface area contributed by atoms with E-state index in [4.69, 9.17) is 15.1 Å². The predicted molar refractivity (Wildman–Crippen MR) is 85.7 cm³/mol. The first-order chi connectivity index (χ1) is 11.5. The minimum Gasteiger partial charge on any atom is -0.438 e. The zero-order chi connectivity index (χ0) is 17.3. The molecule has 9 heteroatoms. The second-order valence-corrected chi connectivity index (χ2v) is 5.61. The lowest BCUT2D eigenvalue weighted by atomic mass is 10.1. The summed E-state index contributed by atoms with van der Waals surface area (Å²) in [5.41, 5.74) is -0.0275. The van der Waals surface area contributed by atoms with Crippen LogP contribution in [0.2, 0.25) is 0 Å². The molecule has 0 bridgehead atoms. The van der Waals surface area contributed by atoms with E-state index in [-0.39, 0.29) is 22.4 Å². The van der Waals surface area contributed by atoms with Crippen LogP contribution in [0.5, 0.6) is 0 Å². The number of nitro benzene ring substituents is 1. The predicted octanol–water partition coefficient (Wildman–Crippen LogP) is 3.01. The van der Waals surface area contributed by atoms with E-state index >= 15 is 0 Å². The van der Waals surface area contributed by atoms with Gasteiger partial charge in [-0.2, -0.15) is 5.26 Å². The number of carbonyl (C=O) groups excluding carboxylic acids is 1. The Morgan fingerprint density at radius 2 is 2.17 bits per heavy atom. The lowest BCUT2D eigenvalue weighted by Crippen LogP contribution is -2.20. The summed E-state index contributed by atoms with van der Waals surface area (Å²) < 4.78 is 5.25. The van der Waals surface area contributed by atoms with Crippen molar-refractivity contribution in [2.24, 2.45) is 0 Å². The lowest BCUT2D eigenvalue weighted by Gasteiger charge is -2.05. The number of hydrogen-bond donors (Lipinski definition) is 2. The molecule has 8 nitrogen and oxygen atoms in total. The van der Waals surface area contributed by atoms with Gasteiger partial charge in [-0.15, -0.1) is 11.3 Å². The third-order valence-electron chi connectivity index (χ3n) is 3.22. The topological polar surface area (TPSA) is 133 Å². The number of carbonyl (C=O) groups is 1. The fourth-order valence-electron chi connectivity index (χ4n) is 2.07. The highest BCUT2D eigenvalue weighted by Gasteiger charge is 2.16. The lowest BCUT2D eigenvalue weighted by molar-refractivity contribution is -0.384. The van der Waals surface area contributed by atoms with Crippen molar-refractivity contribution in [3.63, 3.8) is 0 Å². The quantitative estimate of drug-likeness (QED) is 0.558. The van der Waals surface area contributed by atoms with Gasteiger partial charge in [-0.05, 0) is 23.6 Å². The molecule has 0 saturated heterocycles. The van der Waals surface area contributed by atoms with Gasteiger partial charge in [0.15, 0.2) is 0 Å². The van der Waals surface area contributed by atoms with E-state index < -0.39 is 10.8 Å². The second-order valence-electron chi connectivity index (χ2n) is 4.70. The second kappa shape index (κ2) is 5.94. The molecule has 0 aliphatic carbocycles. The van der Waals surface area contributed by atoms with Gasteiger partial charge in [0.1, 0.15) is 22.2 Å². The molecule has 3 aromatic rings. The van der Waals surface area contributed by atoms with E-state index in [0.29, 0.717) is 16.0 Å². The monoisotopic (exact) mass is 340 g/mol. The molecule has 0 spiro atoms. The van der Waals surface area contributed by atoms with Crippen molar-refractivity contribution < 1.29 is 14.1 Å². The molecule has 24 heavy (non-hydrogen) atoms. The third kappa shape index (κ3) is 2.73. The number of rotatable bonds is 3. The Morgan fingerprint density at radius 1 is 1.38 bits per heavy atom. The van der Waals surface area contributed by atoms with Crippen LogP contribution in [0.3, 0.4) is 0 Å². The standard InChI is InChI=1S/C15H8N4O4S/c16-7-8-3-4-24-15(8)18-14(20)11-6-9-5-10(19(21)22)1-2-12(9)23-13(11)17/h1-6,17H,(H,18,20). The minimum absolute atomic E-state index is 0.0831. The first-order valence-corrected chi connectivity index (χ1v) is 7.43. The zero-order valence-corrected chi connectivity index (χ0v) is 12.7. The number of benzene rings is 1. The summed E-state index contributed by atoms with van der Waals surface area (Å²) in [5.74, 6) is -0.629. The van der Waals surface area contributed by atoms with Crippen LogP contribution < -0.4 is 10.9 Å². The Bertz CT molecular complexity index is 1080. The van der Waals surface area contributed by atoms with Gasteiger partial charge in [-0.25, -0.2) is 0 Å². The van der Waals surface area contributed by atoms with Crippen LogP contribution in [0.1, 0.15) is 15.9 Å². The Hall–Kier alpha value is -3.51. The molecule has 1 aromatic carbocycles. The molecule has 2 aromatic heterocycles. The van der Waals surface area contributed by atoms with Crippen LogP contribution in [-0.4, -0.2) is 10.8 Å². The van der Waals surface area contributed by atoms with Crippen molar-refractivity contribution in [3.05, 3.63) is 62.5 Å². The van der Waals surface area contributed by atoms with Crippen LogP contribution in [0.15, 0.2) is 40.1 Å². The normalized spacial score (nSPS) is 10.3. The van der Waals surface area contributed by atoms with Gasteiger partial charge in [0, 0.05) is 17.5 Å². The van der Waals surface area contributed by atoms with E-state index in [0.717, 1.165) is 0 Å². The summed E-state index contributed by atoms with van der Waals surface area (Å²) >= 11 is 1.18. The van der Waals surface area contributed by atoms with Crippen molar-refractivity contribution in [2.45, 2.75) is 0 Å². The highest BCUT2D eigenvalue weighted by atomic mass is 32.1. The van der Waals surface area contributed by atoms with Crippen LogP contribution >= 0.6 is 11.3 Å². The highest BCUT2D eigenvalue weighted by Crippen LogP contribution is 2.24. The number of anilines is 1. The van der Waals surface area contributed by atoms with Crippen LogP contribution in [0, 0.1) is 26.9 Å². The number of fused-ring (bicyclic) bond motifs is 1. The van der Waals surface area contributed by atoms with Crippen LogP contribution in [0.4, 0.5) is 10.7 Å². The number of thiophene rings is 1. The molecule has 0 saturated carbocycles. The third-order valence-corrected chi connectivity index (χ3v) is 4.05. The summed E-state index contributed by atoms with van der Waals surface area (Å²) in [5, 5.41) is 32.5. The van der Waals surface area contributed by atoms with Gasteiger partial charge in [0.05, 0.1) is 10.5 Å². The molecule has 3 rings (SSSR count). The average molecular weight is 340 g/mol. The van der Waals surface area contributed by atoms with E-state index in [1.807, 2.05) is 6.07 Å². The minimum atomic E-state index is -0.629. The summed E-state index contributed by atoms with van der Waals surface area (Å²) in [6, 6.07) is 8.76. The van der Waals surface area contributed by atoms with Gasteiger partial charge < -0.3 is 9.73 Å². The number of amides is 1. The number of non-ortho nitro benzene ring substituents is 1. The summed E-state index contributed by atoms with van der Waals surface area (Å²) in [7, 11) is 0. The molecule has 2 heterocycles. The number of nitriles is 1. The summed E-state index contributed by atoms with van der Waals surface area (Å²) in [6.07, 6.45) is 0. The van der Waals surface area contributed by atoms with Gasteiger partial charge in [0.25, 0.3) is 11.6 Å². The van der Waals surface area contributed by atoms with Crippen LogP contribution in [-0.2, 0) is 0 Å². The maximum absolute atomic E-state index is 12.3. The molecule has 0 unspecified atom stereocenters. The van der Waals surface area contributed by atoms with E-state index in [9.17, 15) is 14.9 Å². The summed E-state index contributed by atoms with van der Waals surface area (Å²) in [4.78, 5) is 22.6. The Morgan fingerprint density at radius 3 is 2.88 bits per heavy atom. The molecule has 2 N–H and O–H groups in total. The Kier molecular flexibility index (Phi) is 3.81. The maximum Gasteiger partial charge on any atom is 0.270 e. The Balaban J connectivity index is 2.03. The molecule has 0 aliphatic heterocycles. The van der Waals surface area contributed by atoms with Crippen molar-refractivity contribution in [2.75, 3.05) is 5.32 Å². The molecular weight excluding hydrogens is 332 g/mol. The van der Waals surface area contributed by atoms with Crippen molar-refractivity contribution >= 4 is 38.9 Å². The molecule has 1 amide bonds. The molecule has 118 valence electrons. The first-order valence-electron chi connectivity index (χ1n) is 6.55. The molecule has 0 aliphatic rings. The fraction of sp³-hybridized carbons (Fsp3) is 0. The molecule has 0 fully saturated rings. The fourth-order valence-corrected chi connectivity index (χ4v) is 2.81. The van der Waals surface area contributed by atoms with Gasteiger partial charge in [-0.3, -0.25) is 20.3 Å². The summed E-state index contributed by atoms with van der Waals surface area (Å²) in [6.45, 7) is 0. The van der Waals surface area contributed by atoms with Crippen LogP contribution in [0.25, 0.3) is 11.0 Å². The number of nitro groups is 1. The first kappa shape index (κ1) is 15.4. The number of hydrogen-bond acceptors (Lipinski definition) is 7. The van der Waals surface area contributed by atoms with Crippen molar-refractivity contribution in [1.82, 2.24) is 0 Å². The van der Waals surface area contributed by atoms with Crippen molar-refractivity contribution in [3.8, 4) is 6.07 Å². The largest absolute Gasteiger partial charge is 0.438 e. The van der Waals surface area contributed by atoms with Gasteiger partial charge in [0.2, 0.25) is 5.55 Å². The molecule has 0 radical (unpaired) electrons. The van der Waals surface area contributed by atoms with Crippen molar-refractivity contribution in [1.29, 1.82) is 10.7 Å². The van der Waals surface area contributed by atoms with E-state index in [2.05, 4.69) is 5.32 Å². The highest BCUT2D eigenvalue weighted by molar-refractivity contribution is 7.14. The van der Waals surface area contributed by atoms with E-state index in [1.165, 1.54) is 35.6 Å². The number of nitrogens with one attached hydrogen (secondary N) is 2. The molecule has 0 atom stereocenters. The molecular formula is C15H8N4O4S. The number of nitrogens with zero attached hydrogens (tertiary/aromatic N) is 2. The smallest absolute Gasteiger partial charge is 0.270 e. The zero-order valence-electron chi connectivity index (χ0n) is 11.9. The maximum atomic E-state index is 12.3. The van der Waals surface area contributed by atoms with E-state index in [1.54, 1.807) is 11.4 Å². The van der Waals surface area contributed by atoms with Gasteiger partial charge in [-0.1, -0.05) is 0 Å². The average Bonchev–Trinajstić information content (AvgIpc) is 3.00.